The Morgan fingerprint density at radius 2 is 2.06 bits per heavy atom. The molecule has 3 N–H and O–H groups in total. The minimum absolute atomic E-state index is 0.0113. The first-order chi connectivity index (χ1) is 8.12. The van der Waals surface area contributed by atoms with E-state index in [4.69, 9.17) is 5.84 Å². The summed E-state index contributed by atoms with van der Waals surface area (Å²) in [6.07, 6.45) is 0. The average Bonchev–Trinajstić information content (AvgIpc) is 2.35. The van der Waals surface area contributed by atoms with Crippen LogP contribution in [-0.2, 0) is 6.54 Å². The molecule has 0 amide bonds. The van der Waals surface area contributed by atoms with Gasteiger partial charge in [-0.2, -0.15) is 0 Å². The topological polar surface area (TPSA) is 84.4 Å². The Bertz CT molecular complexity index is 391. The normalized spacial score (nSPS) is 10.6. The number of nitro groups is 1. The molecule has 0 heterocycles. The van der Waals surface area contributed by atoms with Crippen LogP contribution in [0, 0.1) is 10.1 Å². The smallest absolute Gasteiger partial charge is 0.293 e. The van der Waals surface area contributed by atoms with Crippen molar-refractivity contribution in [3.63, 3.8) is 0 Å². The van der Waals surface area contributed by atoms with Crippen molar-refractivity contribution < 1.29 is 4.92 Å². The van der Waals surface area contributed by atoms with Crippen molar-refractivity contribution in [1.29, 1.82) is 0 Å². The summed E-state index contributed by atoms with van der Waals surface area (Å²) in [6.45, 7) is 6.67. The number of anilines is 1. The van der Waals surface area contributed by atoms with Crippen LogP contribution >= 0.6 is 0 Å². The van der Waals surface area contributed by atoms with Crippen LogP contribution in [0.3, 0.4) is 0 Å². The van der Waals surface area contributed by atoms with E-state index in [2.05, 4.69) is 24.2 Å². The molecule has 1 rings (SSSR count). The molecule has 0 spiro atoms. The van der Waals surface area contributed by atoms with Gasteiger partial charge in [-0.3, -0.25) is 20.9 Å². The molecule has 1 aromatic carbocycles. The number of nitrogens with one attached hydrogen (secondary N) is 1. The minimum Gasteiger partial charge on any atom is -0.318 e. The predicted molar refractivity (Wildman–Crippen MR) is 67.5 cm³/mol. The largest absolute Gasteiger partial charge is 0.318 e. The highest BCUT2D eigenvalue weighted by Crippen LogP contribution is 2.25. The third kappa shape index (κ3) is 3.40. The van der Waals surface area contributed by atoms with Gasteiger partial charge >= 0.3 is 0 Å². The molecule has 0 aromatic heterocycles. The van der Waals surface area contributed by atoms with E-state index in [-0.39, 0.29) is 5.69 Å². The lowest BCUT2D eigenvalue weighted by atomic mass is 10.1. The Hall–Kier alpha value is -1.66. The Morgan fingerprint density at radius 1 is 1.41 bits per heavy atom. The molecule has 0 unspecified atom stereocenters. The highest BCUT2D eigenvalue weighted by Gasteiger charge is 2.14. The van der Waals surface area contributed by atoms with Gasteiger partial charge in [-0.1, -0.05) is 19.9 Å². The third-order valence-corrected chi connectivity index (χ3v) is 2.71. The van der Waals surface area contributed by atoms with E-state index in [1.807, 2.05) is 6.07 Å². The molecule has 1 aromatic rings. The SMILES string of the molecule is CCN(CC)Cc1ccc(NN)c([N+](=O)[O-])c1. The summed E-state index contributed by atoms with van der Waals surface area (Å²) >= 11 is 0. The zero-order valence-electron chi connectivity index (χ0n) is 10.1. The predicted octanol–water partition coefficient (Wildman–Crippen LogP) is 1.72. The summed E-state index contributed by atoms with van der Waals surface area (Å²) in [6, 6.07) is 5.05. The van der Waals surface area contributed by atoms with Gasteiger partial charge in [0.1, 0.15) is 5.69 Å². The number of rotatable bonds is 6. The zero-order chi connectivity index (χ0) is 12.8. The number of nitrogen functional groups attached to an aromatic ring is 1. The molecule has 0 aliphatic carbocycles. The van der Waals surface area contributed by atoms with Gasteiger partial charge in [0, 0.05) is 12.6 Å². The van der Waals surface area contributed by atoms with E-state index in [9.17, 15) is 10.1 Å². The molecule has 17 heavy (non-hydrogen) atoms. The zero-order valence-corrected chi connectivity index (χ0v) is 10.1. The molecule has 0 saturated carbocycles. The Kier molecular flexibility index (Phi) is 4.86. The van der Waals surface area contributed by atoms with Crippen molar-refractivity contribution in [1.82, 2.24) is 4.90 Å². The van der Waals surface area contributed by atoms with Crippen molar-refractivity contribution in [3.05, 3.63) is 33.9 Å². The molecular formula is C11H18N4O2. The summed E-state index contributed by atoms with van der Waals surface area (Å²) < 4.78 is 0. The quantitative estimate of drug-likeness (QED) is 0.448. The standard InChI is InChI=1S/C11H18N4O2/c1-3-14(4-2)8-9-5-6-10(13-12)11(7-9)15(16)17/h5-7,13H,3-4,8,12H2,1-2H3. The van der Waals surface area contributed by atoms with E-state index in [1.165, 1.54) is 0 Å². The number of nitrogens with two attached hydrogens (primary N) is 1. The minimum atomic E-state index is -0.430. The molecule has 0 bridgehead atoms. The van der Waals surface area contributed by atoms with Crippen LogP contribution in [0.1, 0.15) is 19.4 Å². The Morgan fingerprint density at radius 3 is 2.53 bits per heavy atom. The van der Waals surface area contributed by atoms with Gasteiger partial charge in [-0.25, -0.2) is 0 Å². The molecule has 6 heteroatoms. The van der Waals surface area contributed by atoms with Crippen molar-refractivity contribution >= 4 is 11.4 Å². The van der Waals surface area contributed by atoms with Crippen LogP contribution in [0.25, 0.3) is 0 Å². The first-order valence-electron chi connectivity index (χ1n) is 5.58. The summed E-state index contributed by atoms with van der Waals surface area (Å²) in [7, 11) is 0. The lowest BCUT2D eigenvalue weighted by molar-refractivity contribution is -0.384. The molecular weight excluding hydrogens is 220 g/mol. The van der Waals surface area contributed by atoms with Crippen LogP contribution in [0.15, 0.2) is 18.2 Å². The average molecular weight is 238 g/mol. The number of hydrazine groups is 1. The van der Waals surface area contributed by atoms with Crippen LogP contribution in [0.5, 0.6) is 0 Å². The van der Waals surface area contributed by atoms with Gasteiger partial charge < -0.3 is 5.43 Å². The molecule has 0 atom stereocenters. The monoisotopic (exact) mass is 238 g/mol. The van der Waals surface area contributed by atoms with Crippen LogP contribution in [-0.4, -0.2) is 22.9 Å². The van der Waals surface area contributed by atoms with Crippen LogP contribution < -0.4 is 11.3 Å². The van der Waals surface area contributed by atoms with Gasteiger partial charge in [-0.15, -0.1) is 0 Å². The highest BCUT2D eigenvalue weighted by molar-refractivity contribution is 5.61. The summed E-state index contributed by atoms with van der Waals surface area (Å²) in [5, 5.41) is 10.9. The fourth-order valence-electron chi connectivity index (χ4n) is 1.65. The molecule has 0 saturated heterocycles. The second kappa shape index (κ2) is 6.17. The number of benzene rings is 1. The highest BCUT2D eigenvalue weighted by atomic mass is 16.6. The van der Waals surface area contributed by atoms with Crippen molar-refractivity contribution in [3.8, 4) is 0 Å². The third-order valence-electron chi connectivity index (χ3n) is 2.71. The first-order valence-corrected chi connectivity index (χ1v) is 5.58. The first kappa shape index (κ1) is 13.4. The maximum Gasteiger partial charge on any atom is 0.293 e. The maximum absolute atomic E-state index is 10.9. The number of hydrogen-bond acceptors (Lipinski definition) is 5. The van der Waals surface area contributed by atoms with Crippen LogP contribution in [0.4, 0.5) is 11.4 Å². The summed E-state index contributed by atoms with van der Waals surface area (Å²) in [5.41, 5.74) is 3.59. The second-order valence-electron chi connectivity index (χ2n) is 3.71. The summed E-state index contributed by atoms with van der Waals surface area (Å²) in [5.74, 6) is 5.23. The van der Waals surface area contributed by atoms with Gasteiger partial charge in [0.2, 0.25) is 0 Å². The second-order valence-corrected chi connectivity index (χ2v) is 3.71. The number of nitro benzene ring substituents is 1. The van der Waals surface area contributed by atoms with Crippen molar-refractivity contribution in [2.45, 2.75) is 20.4 Å². The number of nitrogens with zero attached hydrogens (tertiary/aromatic N) is 2. The molecule has 0 radical (unpaired) electrons. The van der Waals surface area contributed by atoms with Crippen molar-refractivity contribution in [2.24, 2.45) is 5.84 Å². The van der Waals surface area contributed by atoms with Gasteiger partial charge in [0.15, 0.2) is 0 Å². The molecule has 0 fully saturated rings. The molecule has 0 aliphatic rings. The Labute approximate surface area is 101 Å². The van der Waals surface area contributed by atoms with E-state index >= 15 is 0 Å². The summed E-state index contributed by atoms with van der Waals surface area (Å²) in [4.78, 5) is 12.6. The molecule has 6 nitrogen and oxygen atoms in total. The van der Waals surface area contributed by atoms with Gasteiger partial charge in [0.25, 0.3) is 5.69 Å². The van der Waals surface area contributed by atoms with Gasteiger partial charge in [-0.05, 0) is 24.7 Å². The van der Waals surface area contributed by atoms with Gasteiger partial charge in [0.05, 0.1) is 4.92 Å². The fraction of sp³-hybridized carbons (Fsp3) is 0.455. The van der Waals surface area contributed by atoms with Crippen LogP contribution in [0.2, 0.25) is 0 Å². The molecule has 94 valence electrons. The van der Waals surface area contributed by atoms with E-state index in [0.29, 0.717) is 12.2 Å². The molecule has 0 aliphatic heterocycles. The Balaban J connectivity index is 2.95. The van der Waals surface area contributed by atoms with E-state index in [1.54, 1.807) is 12.1 Å². The maximum atomic E-state index is 10.9. The fourth-order valence-corrected chi connectivity index (χ4v) is 1.65. The van der Waals surface area contributed by atoms with Crippen molar-refractivity contribution in [2.75, 3.05) is 18.5 Å². The van der Waals surface area contributed by atoms with E-state index in [0.717, 1.165) is 18.7 Å². The van der Waals surface area contributed by atoms with E-state index < -0.39 is 4.92 Å². The number of hydrogen-bond donors (Lipinski definition) is 2. The lowest BCUT2D eigenvalue weighted by Crippen LogP contribution is -2.22. The lowest BCUT2D eigenvalue weighted by Gasteiger charge is -2.18.